The molecule has 11 rings (SSSR count). The highest BCUT2D eigenvalue weighted by Gasteiger charge is 2.21. The fraction of sp³-hybridized carbons (Fsp3) is 0. The number of fused-ring (bicyclic) bond motifs is 3. The van der Waals surface area contributed by atoms with Gasteiger partial charge in [-0.2, -0.15) is 10.5 Å². The topological polar surface area (TPSA) is 81.5 Å². The van der Waals surface area contributed by atoms with Gasteiger partial charge in [-0.15, -0.1) is 0 Å². The molecule has 0 fully saturated rings. The molecule has 308 valence electrons. The van der Waals surface area contributed by atoms with Crippen molar-refractivity contribution >= 4 is 38.9 Å². The summed E-state index contributed by atoms with van der Waals surface area (Å²) in [6, 6.07) is 82.9. The van der Waals surface area contributed by atoms with Crippen LogP contribution in [0, 0.1) is 22.7 Å². The van der Waals surface area contributed by atoms with Crippen molar-refractivity contribution in [3.05, 3.63) is 242 Å². The lowest BCUT2D eigenvalue weighted by molar-refractivity contribution is 1.16. The number of hydrogen-bond acceptors (Lipinski definition) is 5. The Kier molecular flexibility index (Phi) is 10.2. The van der Waals surface area contributed by atoms with Gasteiger partial charge >= 0.3 is 0 Å². The van der Waals surface area contributed by atoms with Crippen LogP contribution in [0.2, 0.25) is 0 Å². The van der Waals surface area contributed by atoms with Crippen LogP contribution < -0.4 is 4.90 Å². The molecular formula is C60H38N6. The van der Waals surface area contributed by atoms with Crippen molar-refractivity contribution in [2.45, 2.75) is 0 Å². The van der Waals surface area contributed by atoms with E-state index in [0.29, 0.717) is 28.2 Å². The Morgan fingerprint density at radius 1 is 0.364 bits per heavy atom. The lowest BCUT2D eigenvalue weighted by atomic mass is 9.94. The fourth-order valence-electron chi connectivity index (χ4n) is 8.90. The monoisotopic (exact) mass is 842 g/mol. The minimum Gasteiger partial charge on any atom is -0.310 e. The highest BCUT2D eigenvalue weighted by molar-refractivity contribution is 6.11. The maximum absolute atomic E-state index is 10.7. The van der Waals surface area contributed by atoms with Crippen LogP contribution in [-0.4, -0.2) is 14.5 Å². The van der Waals surface area contributed by atoms with Gasteiger partial charge in [0.15, 0.2) is 5.82 Å². The van der Waals surface area contributed by atoms with Crippen LogP contribution in [0.15, 0.2) is 231 Å². The van der Waals surface area contributed by atoms with Gasteiger partial charge in [-0.1, -0.05) is 164 Å². The quantitative estimate of drug-likeness (QED) is 0.145. The molecule has 11 aromatic rings. The van der Waals surface area contributed by atoms with E-state index in [9.17, 15) is 10.5 Å². The van der Waals surface area contributed by atoms with E-state index in [4.69, 9.17) is 9.97 Å². The molecule has 0 aliphatic heterocycles. The average molecular weight is 843 g/mol. The molecule has 0 atom stereocenters. The largest absolute Gasteiger partial charge is 0.310 e. The van der Waals surface area contributed by atoms with E-state index in [1.54, 1.807) is 0 Å². The first-order chi connectivity index (χ1) is 32.6. The molecule has 0 radical (unpaired) electrons. The van der Waals surface area contributed by atoms with Gasteiger partial charge in [0.25, 0.3) is 0 Å². The van der Waals surface area contributed by atoms with Crippen LogP contribution in [0.3, 0.4) is 0 Å². The van der Waals surface area contributed by atoms with Crippen molar-refractivity contribution in [2.75, 3.05) is 4.90 Å². The van der Waals surface area contributed by atoms with Crippen LogP contribution in [0.4, 0.5) is 17.1 Å². The lowest BCUT2D eigenvalue weighted by Crippen LogP contribution is -2.09. The predicted octanol–water partition coefficient (Wildman–Crippen LogP) is 15.1. The zero-order chi connectivity index (χ0) is 44.4. The molecule has 0 aliphatic rings. The van der Waals surface area contributed by atoms with Crippen molar-refractivity contribution in [2.24, 2.45) is 0 Å². The molecule has 6 heteroatoms. The summed E-state index contributed by atoms with van der Waals surface area (Å²) < 4.78 is 2.12. The Hall–Kier alpha value is -9.36. The van der Waals surface area contributed by atoms with Crippen LogP contribution in [0.5, 0.6) is 0 Å². The van der Waals surface area contributed by atoms with Gasteiger partial charge in [0.1, 0.15) is 6.07 Å². The van der Waals surface area contributed by atoms with Gasteiger partial charge in [0.2, 0.25) is 0 Å². The van der Waals surface area contributed by atoms with Crippen molar-refractivity contribution in [1.29, 1.82) is 10.5 Å². The Balaban J connectivity index is 0.931. The molecule has 0 bridgehead atoms. The highest BCUT2D eigenvalue weighted by atomic mass is 15.1. The second kappa shape index (κ2) is 17.1. The molecular weight excluding hydrogens is 805 g/mol. The van der Waals surface area contributed by atoms with E-state index < -0.39 is 0 Å². The third kappa shape index (κ3) is 7.31. The first kappa shape index (κ1) is 39.5. The molecule has 0 saturated carbocycles. The summed E-state index contributed by atoms with van der Waals surface area (Å²) in [7, 11) is 0. The second-order valence-corrected chi connectivity index (χ2v) is 16.0. The van der Waals surface area contributed by atoms with Gasteiger partial charge in [0, 0.05) is 50.1 Å². The molecule has 0 unspecified atom stereocenters. The third-order valence-electron chi connectivity index (χ3n) is 12.1. The molecule has 2 heterocycles. The van der Waals surface area contributed by atoms with Gasteiger partial charge in [0.05, 0.1) is 45.3 Å². The maximum atomic E-state index is 10.7. The maximum Gasteiger partial charge on any atom is 0.160 e. The summed E-state index contributed by atoms with van der Waals surface area (Å²) >= 11 is 0. The summed E-state index contributed by atoms with van der Waals surface area (Å²) in [6.07, 6.45) is 0. The van der Waals surface area contributed by atoms with Crippen LogP contribution in [-0.2, 0) is 0 Å². The summed E-state index contributed by atoms with van der Waals surface area (Å²) in [5.74, 6) is 0.676. The SMILES string of the molecule is N#Cc1cc(-n2c3ccccc3c3cc(N(c4ccccc4)c4ccccc4)ccc32)c(C#N)cc1-c1ccc(-c2ccc(-c3cc(-c4ccccc4)nc(-c4ccccc4)n3)cc2)cc1. The molecule has 66 heavy (non-hydrogen) atoms. The van der Waals surface area contributed by atoms with Crippen molar-refractivity contribution in [1.82, 2.24) is 14.5 Å². The molecule has 2 aromatic heterocycles. The van der Waals surface area contributed by atoms with E-state index in [0.717, 1.165) is 83.6 Å². The van der Waals surface area contributed by atoms with E-state index in [1.165, 1.54) is 0 Å². The minimum atomic E-state index is 0.473. The van der Waals surface area contributed by atoms with E-state index in [2.05, 4.69) is 125 Å². The standard InChI is InChI=1S/C60H38N6/c61-39-47-36-59(66-57-24-14-13-23-52(57)54-37-51(33-34-58(54)66)65(49-19-9-3-10-20-49)50-21-11-4-12-22-50)48(40-62)35-53(47)43-29-25-41(26-30-43)42-27-31-45(32-28-42)56-38-55(44-15-5-1-6-16-44)63-60(64-56)46-17-7-2-8-18-46/h1-38H. The minimum absolute atomic E-state index is 0.473. The number of para-hydroxylation sites is 3. The number of aromatic nitrogens is 3. The van der Waals surface area contributed by atoms with Crippen molar-refractivity contribution < 1.29 is 0 Å². The molecule has 9 aromatic carbocycles. The smallest absolute Gasteiger partial charge is 0.160 e. The summed E-state index contributed by atoms with van der Waals surface area (Å²) in [5.41, 5.74) is 14.9. The van der Waals surface area contributed by atoms with E-state index >= 15 is 0 Å². The Bertz CT molecular complexity index is 3530. The molecule has 0 N–H and O–H groups in total. The number of benzene rings is 9. The number of anilines is 3. The molecule has 6 nitrogen and oxygen atoms in total. The molecule has 0 aliphatic carbocycles. The number of nitrogens with zero attached hydrogens (tertiary/aromatic N) is 6. The Labute approximate surface area is 382 Å². The normalized spacial score (nSPS) is 11.0. The van der Waals surface area contributed by atoms with Gasteiger partial charge in [-0.25, -0.2) is 9.97 Å². The van der Waals surface area contributed by atoms with Crippen LogP contribution in [0.25, 0.3) is 83.6 Å². The van der Waals surface area contributed by atoms with Crippen molar-refractivity contribution in [3.8, 4) is 74.0 Å². The van der Waals surface area contributed by atoms with Gasteiger partial charge < -0.3 is 9.47 Å². The Morgan fingerprint density at radius 2 is 0.848 bits per heavy atom. The second-order valence-electron chi connectivity index (χ2n) is 16.0. The predicted molar refractivity (Wildman–Crippen MR) is 268 cm³/mol. The van der Waals surface area contributed by atoms with Crippen LogP contribution in [0.1, 0.15) is 11.1 Å². The fourth-order valence-corrected chi connectivity index (χ4v) is 8.90. The van der Waals surface area contributed by atoms with Crippen LogP contribution >= 0.6 is 0 Å². The molecule has 0 amide bonds. The zero-order valence-electron chi connectivity index (χ0n) is 35.6. The summed E-state index contributed by atoms with van der Waals surface area (Å²) in [6.45, 7) is 0. The van der Waals surface area contributed by atoms with Gasteiger partial charge in [-0.05, 0) is 83.4 Å². The van der Waals surface area contributed by atoms with Gasteiger partial charge in [-0.3, -0.25) is 0 Å². The third-order valence-corrected chi connectivity index (χ3v) is 12.1. The molecule has 0 spiro atoms. The van der Waals surface area contributed by atoms with Crippen molar-refractivity contribution in [3.63, 3.8) is 0 Å². The summed E-state index contributed by atoms with van der Waals surface area (Å²) in [5, 5.41) is 23.5. The average Bonchev–Trinajstić information content (AvgIpc) is 3.73. The summed E-state index contributed by atoms with van der Waals surface area (Å²) in [4.78, 5) is 12.2. The molecule has 0 saturated heterocycles. The first-order valence-corrected chi connectivity index (χ1v) is 21.8. The Morgan fingerprint density at radius 3 is 1.44 bits per heavy atom. The first-order valence-electron chi connectivity index (χ1n) is 21.8. The van der Waals surface area contributed by atoms with E-state index in [1.807, 2.05) is 127 Å². The zero-order valence-corrected chi connectivity index (χ0v) is 35.6. The number of nitriles is 2. The lowest BCUT2D eigenvalue weighted by Gasteiger charge is -2.25. The number of hydrogen-bond donors (Lipinski definition) is 0. The highest BCUT2D eigenvalue weighted by Crippen LogP contribution is 2.41. The number of rotatable bonds is 9. The van der Waals surface area contributed by atoms with E-state index in [-0.39, 0.29) is 0 Å².